The number of para-hydroxylation sites is 1. The van der Waals surface area contributed by atoms with Gasteiger partial charge in [-0.15, -0.1) is 10.2 Å². The number of hydrogen-bond donors (Lipinski definition) is 2. The Morgan fingerprint density at radius 2 is 1.82 bits per heavy atom. The highest BCUT2D eigenvalue weighted by Gasteiger charge is 2.23. The van der Waals surface area contributed by atoms with Crippen LogP contribution in [0.1, 0.15) is 39.3 Å². The van der Waals surface area contributed by atoms with E-state index in [1.807, 2.05) is 30.3 Å². The minimum absolute atomic E-state index is 0.101. The predicted molar refractivity (Wildman–Crippen MR) is 132 cm³/mol. The van der Waals surface area contributed by atoms with Gasteiger partial charge in [0.1, 0.15) is 5.69 Å². The van der Waals surface area contributed by atoms with E-state index in [0.717, 1.165) is 6.42 Å². The smallest absolute Gasteiger partial charge is 0.295 e. The maximum absolute atomic E-state index is 13.0. The standard InChI is InChI=1S/C22H28N6O3S2/c1-13(2)11-12-17(29)23-21-25-26-22(33-21)32-15(4)19(30)24-18-14(3)27(5)28(20(18)31)16-9-7-6-8-10-16/h6-10,13,15H,11-12H2,1-5H3,(H,24,30)(H,23,25,29). The molecular formula is C22H28N6O3S2. The zero-order valence-electron chi connectivity index (χ0n) is 19.3. The first kappa shape index (κ1) is 24.7. The van der Waals surface area contributed by atoms with Crippen LogP contribution in [-0.4, -0.2) is 36.6 Å². The van der Waals surface area contributed by atoms with Crippen molar-refractivity contribution in [2.24, 2.45) is 13.0 Å². The molecule has 0 aliphatic heterocycles. The van der Waals surface area contributed by atoms with Crippen LogP contribution < -0.4 is 16.2 Å². The Balaban J connectivity index is 1.65. The Morgan fingerprint density at radius 3 is 2.48 bits per heavy atom. The molecule has 176 valence electrons. The van der Waals surface area contributed by atoms with Gasteiger partial charge < -0.3 is 10.6 Å². The van der Waals surface area contributed by atoms with E-state index in [9.17, 15) is 14.4 Å². The Kier molecular flexibility index (Phi) is 8.09. The summed E-state index contributed by atoms with van der Waals surface area (Å²) in [7, 11) is 1.77. The van der Waals surface area contributed by atoms with E-state index in [1.54, 1.807) is 25.6 Å². The highest BCUT2D eigenvalue weighted by Crippen LogP contribution is 2.29. The lowest BCUT2D eigenvalue weighted by molar-refractivity contribution is -0.116. The maximum Gasteiger partial charge on any atom is 0.295 e. The second-order valence-corrected chi connectivity index (χ2v) is 10.6. The Labute approximate surface area is 200 Å². The second-order valence-electron chi connectivity index (χ2n) is 8.04. The van der Waals surface area contributed by atoms with Crippen LogP contribution in [0.25, 0.3) is 5.69 Å². The lowest BCUT2D eigenvalue weighted by Gasteiger charge is -2.09. The molecule has 33 heavy (non-hydrogen) atoms. The van der Waals surface area contributed by atoms with E-state index in [-0.39, 0.29) is 23.1 Å². The van der Waals surface area contributed by atoms with E-state index in [0.29, 0.717) is 33.2 Å². The topological polar surface area (TPSA) is 111 Å². The van der Waals surface area contributed by atoms with Crippen molar-refractivity contribution in [3.05, 3.63) is 46.4 Å². The van der Waals surface area contributed by atoms with E-state index >= 15 is 0 Å². The van der Waals surface area contributed by atoms with Crippen molar-refractivity contribution in [1.29, 1.82) is 0 Å². The molecule has 0 saturated carbocycles. The van der Waals surface area contributed by atoms with Crippen LogP contribution in [0.3, 0.4) is 0 Å². The number of thioether (sulfide) groups is 1. The number of carbonyl (C=O) groups excluding carboxylic acids is 2. The zero-order chi connectivity index (χ0) is 24.1. The van der Waals surface area contributed by atoms with Crippen molar-refractivity contribution in [2.45, 2.75) is 50.1 Å². The number of nitrogens with zero attached hydrogens (tertiary/aromatic N) is 4. The molecule has 2 aromatic heterocycles. The van der Waals surface area contributed by atoms with Crippen LogP contribution in [0.4, 0.5) is 10.8 Å². The fourth-order valence-corrected chi connectivity index (χ4v) is 4.96. The first-order valence-electron chi connectivity index (χ1n) is 10.6. The number of rotatable bonds is 9. The van der Waals surface area contributed by atoms with Crippen LogP contribution >= 0.6 is 23.1 Å². The van der Waals surface area contributed by atoms with Crippen LogP contribution in [0.15, 0.2) is 39.5 Å². The summed E-state index contributed by atoms with van der Waals surface area (Å²) in [5.41, 5.74) is 1.31. The van der Waals surface area contributed by atoms with Crippen molar-refractivity contribution < 1.29 is 9.59 Å². The molecule has 0 aliphatic rings. The summed E-state index contributed by atoms with van der Waals surface area (Å²) in [4.78, 5) is 37.8. The third-order valence-corrected chi connectivity index (χ3v) is 7.07. The summed E-state index contributed by atoms with van der Waals surface area (Å²) in [6, 6.07) is 9.25. The van der Waals surface area contributed by atoms with Crippen LogP contribution in [0, 0.1) is 12.8 Å². The molecule has 0 spiro atoms. The van der Waals surface area contributed by atoms with Crippen molar-refractivity contribution in [2.75, 3.05) is 10.6 Å². The van der Waals surface area contributed by atoms with Crippen molar-refractivity contribution in [1.82, 2.24) is 19.6 Å². The lowest BCUT2D eigenvalue weighted by Crippen LogP contribution is -2.27. The summed E-state index contributed by atoms with van der Waals surface area (Å²) in [6.45, 7) is 7.64. The van der Waals surface area contributed by atoms with E-state index in [1.165, 1.54) is 27.8 Å². The van der Waals surface area contributed by atoms with E-state index in [2.05, 4.69) is 34.7 Å². The third kappa shape index (κ3) is 6.11. The van der Waals surface area contributed by atoms with Gasteiger partial charge in [0, 0.05) is 13.5 Å². The SMILES string of the molecule is Cc1c(NC(=O)C(C)Sc2nnc(NC(=O)CCC(C)C)s2)c(=O)n(-c2ccccc2)n1C. The van der Waals surface area contributed by atoms with Gasteiger partial charge in [-0.2, -0.15) is 0 Å². The Hall–Kier alpha value is -2.92. The molecule has 11 heteroatoms. The maximum atomic E-state index is 13.0. The van der Waals surface area contributed by atoms with Gasteiger partial charge in [-0.25, -0.2) is 4.68 Å². The molecule has 2 amide bonds. The fraction of sp³-hybridized carbons (Fsp3) is 0.409. The van der Waals surface area contributed by atoms with Crippen molar-refractivity contribution in [3.63, 3.8) is 0 Å². The normalized spacial score (nSPS) is 12.1. The Bertz CT molecular complexity index is 1180. The van der Waals surface area contributed by atoms with E-state index in [4.69, 9.17) is 0 Å². The zero-order valence-corrected chi connectivity index (χ0v) is 20.9. The molecule has 0 aliphatic carbocycles. The average molecular weight is 489 g/mol. The molecule has 9 nitrogen and oxygen atoms in total. The largest absolute Gasteiger partial charge is 0.319 e. The van der Waals surface area contributed by atoms with Crippen LogP contribution in [0.2, 0.25) is 0 Å². The Morgan fingerprint density at radius 1 is 1.12 bits per heavy atom. The van der Waals surface area contributed by atoms with Gasteiger partial charge in [-0.1, -0.05) is 55.1 Å². The monoisotopic (exact) mass is 488 g/mol. The number of aromatic nitrogens is 4. The number of anilines is 2. The first-order chi connectivity index (χ1) is 15.7. The highest BCUT2D eigenvalue weighted by atomic mass is 32.2. The second kappa shape index (κ2) is 10.8. The predicted octanol–water partition coefficient (Wildman–Crippen LogP) is 3.83. The average Bonchev–Trinajstić information content (AvgIpc) is 3.30. The summed E-state index contributed by atoms with van der Waals surface area (Å²) < 4.78 is 3.79. The third-order valence-electron chi connectivity index (χ3n) is 5.05. The van der Waals surface area contributed by atoms with E-state index < -0.39 is 5.25 Å². The quantitative estimate of drug-likeness (QED) is 0.350. The van der Waals surface area contributed by atoms with Gasteiger partial charge in [-0.05, 0) is 38.3 Å². The van der Waals surface area contributed by atoms with Gasteiger partial charge in [0.05, 0.1) is 16.6 Å². The molecule has 3 aromatic rings. The number of carbonyl (C=O) groups is 2. The van der Waals surface area contributed by atoms with Gasteiger partial charge in [0.25, 0.3) is 5.56 Å². The number of hydrogen-bond acceptors (Lipinski definition) is 7. The molecule has 0 radical (unpaired) electrons. The van der Waals surface area contributed by atoms with Gasteiger partial charge >= 0.3 is 0 Å². The van der Waals surface area contributed by atoms with Crippen LogP contribution in [0.5, 0.6) is 0 Å². The number of nitrogens with one attached hydrogen (secondary N) is 2. The highest BCUT2D eigenvalue weighted by molar-refractivity contribution is 8.02. The van der Waals surface area contributed by atoms with Gasteiger partial charge in [0.2, 0.25) is 16.9 Å². The minimum atomic E-state index is -0.522. The number of amides is 2. The lowest BCUT2D eigenvalue weighted by atomic mass is 10.1. The first-order valence-corrected chi connectivity index (χ1v) is 12.3. The molecule has 2 N–H and O–H groups in total. The van der Waals surface area contributed by atoms with Gasteiger partial charge in [-0.3, -0.25) is 19.1 Å². The summed E-state index contributed by atoms with van der Waals surface area (Å²) in [6.07, 6.45) is 1.23. The minimum Gasteiger partial charge on any atom is -0.319 e. The summed E-state index contributed by atoms with van der Waals surface area (Å²) >= 11 is 2.44. The molecule has 1 atom stereocenters. The molecule has 0 bridgehead atoms. The van der Waals surface area contributed by atoms with Crippen molar-refractivity contribution in [3.8, 4) is 5.69 Å². The fourth-order valence-electron chi connectivity index (χ4n) is 3.05. The summed E-state index contributed by atoms with van der Waals surface area (Å²) in [5, 5.41) is 13.4. The molecule has 0 fully saturated rings. The van der Waals surface area contributed by atoms with Gasteiger partial charge in [0.15, 0.2) is 4.34 Å². The molecule has 1 unspecified atom stereocenters. The molecule has 1 aromatic carbocycles. The number of benzene rings is 1. The molecular weight excluding hydrogens is 460 g/mol. The van der Waals surface area contributed by atoms with Crippen molar-refractivity contribution >= 4 is 45.7 Å². The molecule has 0 saturated heterocycles. The summed E-state index contributed by atoms with van der Waals surface area (Å²) in [5.74, 6) is 0.0286. The van der Waals surface area contributed by atoms with Crippen LogP contribution in [-0.2, 0) is 16.6 Å². The molecule has 3 rings (SSSR count). The molecule has 2 heterocycles.